The van der Waals surface area contributed by atoms with Crippen molar-refractivity contribution in [1.82, 2.24) is 8.98 Å². The van der Waals surface area contributed by atoms with Gasteiger partial charge in [0.2, 0.25) is 14.8 Å². The molecule has 0 saturated carbocycles. The Morgan fingerprint density at radius 1 is 1.05 bits per heavy atom. The van der Waals surface area contributed by atoms with E-state index in [1.165, 1.54) is 50.8 Å². The first-order valence-corrected chi connectivity index (χ1v) is 14.5. The standard InChI is InChI=1S/C24H19Cl2N5O6S2/c25-16-1-7-21(26)20(13-16)22-15-38-24(30(22)27-14-18-4-8-23(37-18)31(32)33)28-17-2-5-19(6-3-17)39(34,35)29-9-11-36-12-10-29/h1-8,13-15H,9-12H2. The molecule has 0 bridgehead atoms. The van der Waals surface area contributed by atoms with E-state index in [9.17, 15) is 18.5 Å². The maximum atomic E-state index is 12.9. The SMILES string of the molecule is O=[N+]([O-])c1ccc(C=Nn2c(-c3cc(Cl)ccc3Cl)csc2=Nc2ccc(S(=O)(=O)N3CCOCC3)cc2)o1. The van der Waals surface area contributed by atoms with Crippen LogP contribution in [0.25, 0.3) is 11.3 Å². The van der Waals surface area contributed by atoms with Gasteiger partial charge in [-0.3, -0.25) is 10.1 Å². The highest BCUT2D eigenvalue weighted by molar-refractivity contribution is 7.89. The fourth-order valence-electron chi connectivity index (χ4n) is 3.73. The Labute approximate surface area is 236 Å². The van der Waals surface area contributed by atoms with E-state index >= 15 is 0 Å². The summed E-state index contributed by atoms with van der Waals surface area (Å²) in [6.45, 7) is 1.32. The largest absolute Gasteiger partial charge is 0.433 e. The molecule has 0 N–H and O–H groups in total. The molecule has 202 valence electrons. The minimum atomic E-state index is -3.64. The zero-order valence-corrected chi connectivity index (χ0v) is 23.1. The number of benzene rings is 2. The Morgan fingerprint density at radius 2 is 1.79 bits per heavy atom. The second-order valence-electron chi connectivity index (χ2n) is 8.14. The Kier molecular flexibility index (Phi) is 7.98. The third-order valence-corrected chi connectivity index (χ3v) is 8.95. The number of morpholine rings is 1. The molecule has 1 aliphatic rings. The molecule has 2 aromatic carbocycles. The van der Waals surface area contributed by atoms with E-state index in [-0.39, 0.29) is 10.7 Å². The number of furan rings is 1. The van der Waals surface area contributed by atoms with Gasteiger partial charge in [0.25, 0.3) is 0 Å². The van der Waals surface area contributed by atoms with Crippen LogP contribution in [-0.2, 0) is 14.8 Å². The topological polar surface area (TPSA) is 133 Å². The quantitative estimate of drug-likeness (QED) is 0.162. The highest BCUT2D eigenvalue weighted by Crippen LogP contribution is 2.31. The van der Waals surface area contributed by atoms with Gasteiger partial charge in [0.1, 0.15) is 4.92 Å². The highest BCUT2D eigenvalue weighted by atomic mass is 35.5. The van der Waals surface area contributed by atoms with Crippen molar-refractivity contribution in [3.05, 3.63) is 90.7 Å². The van der Waals surface area contributed by atoms with E-state index in [1.54, 1.807) is 35.7 Å². The number of hydrogen-bond acceptors (Lipinski definition) is 9. The lowest BCUT2D eigenvalue weighted by Crippen LogP contribution is -2.40. The number of rotatable bonds is 7. The Morgan fingerprint density at radius 3 is 2.49 bits per heavy atom. The van der Waals surface area contributed by atoms with Crippen molar-refractivity contribution >= 4 is 62.3 Å². The summed E-state index contributed by atoms with van der Waals surface area (Å²) in [5.41, 5.74) is 1.64. The number of hydrogen-bond donors (Lipinski definition) is 0. The molecule has 1 fully saturated rings. The molecule has 1 aliphatic heterocycles. The summed E-state index contributed by atoms with van der Waals surface area (Å²) in [6, 6.07) is 13.9. The second-order valence-corrected chi connectivity index (χ2v) is 11.8. The molecule has 11 nitrogen and oxygen atoms in total. The molecule has 4 aromatic rings. The third kappa shape index (κ3) is 5.98. The molecule has 39 heavy (non-hydrogen) atoms. The van der Waals surface area contributed by atoms with E-state index in [0.29, 0.717) is 58.1 Å². The van der Waals surface area contributed by atoms with Gasteiger partial charge in [0.05, 0.1) is 46.8 Å². The first-order valence-electron chi connectivity index (χ1n) is 11.4. The van der Waals surface area contributed by atoms with Crippen LogP contribution >= 0.6 is 34.5 Å². The van der Waals surface area contributed by atoms with Crippen LogP contribution in [0.3, 0.4) is 0 Å². The zero-order valence-electron chi connectivity index (χ0n) is 19.9. The van der Waals surface area contributed by atoms with Crippen LogP contribution in [0.1, 0.15) is 5.76 Å². The Bertz CT molecular complexity index is 1720. The van der Waals surface area contributed by atoms with Crippen molar-refractivity contribution < 1.29 is 22.5 Å². The van der Waals surface area contributed by atoms with E-state index < -0.39 is 20.8 Å². The average Bonchev–Trinajstić information content (AvgIpc) is 3.57. The lowest BCUT2D eigenvalue weighted by Gasteiger charge is -2.26. The van der Waals surface area contributed by atoms with Crippen molar-refractivity contribution in [2.24, 2.45) is 10.1 Å². The predicted octanol–water partition coefficient (Wildman–Crippen LogP) is 5.16. The highest BCUT2D eigenvalue weighted by Gasteiger charge is 2.26. The van der Waals surface area contributed by atoms with Gasteiger partial charge in [0.15, 0.2) is 5.76 Å². The Balaban J connectivity index is 1.54. The number of aromatic nitrogens is 1. The first kappa shape index (κ1) is 27.2. The normalized spacial score (nSPS) is 15.3. The van der Waals surface area contributed by atoms with Gasteiger partial charge in [-0.25, -0.2) is 18.1 Å². The van der Waals surface area contributed by atoms with Gasteiger partial charge in [-0.2, -0.15) is 9.41 Å². The number of nitro groups is 1. The smallest absolute Gasteiger partial charge is 0.400 e. The first-order chi connectivity index (χ1) is 18.7. The van der Waals surface area contributed by atoms with Gasteiger partial charge in [-0.15, -0.1) is 11.3 Å². The molecule has 0 spiro atoms. The van der Waals surface area contributed by atoms with Gasteiger partial charge < -0.3 is 9.15 Å². The van der Waals surface area contributed by atoms with Gasteiger partial charge in [0, 0.05) is 29.1 Å². The van der Waals surface area contributed by atoms with Crippen molar-refractivity contribution in [2.45, 2.75) is 4.90 Å². The molecule has 0 unspecified atom stereocenters. The minimum absolute atomic E-state index is 0.159. The van der Waals surface area contributed by atoms with Crippen LogP contribution in [0, 0.1) is 10.1 Å². The summed E-state index contributed by atoms with van der Waals surface area (Å²) in [7, 11) is -3.64. The van der Waals surface area contributed by atoms with E-state index in [1.807, 2.05) is 0 Å². The molecule has 0 atom stereocenters. The lowest BCUT2D eigenvalue weighted by atomic mass is 10.2. The van der Waals surface area contributed by atoms with Crippen LogP contribution in [0.4, 0.5) is 11.6 Å². The molecule has 0 radical (unpaired) electrons. The maximum absolute atomic E-state index is 12.9. The predicted molar refractivity (Wildman–Crippen MR) is 147 cm³/mol. The maximum Gasteiger partial charge on any atom is 0.433 e. The average molecular weight is 608 g/mol. The minimum Gasteiger partial charge on any atom is -0.400 e. The molecular formula is C24H19Cl2N5O6S2. The third-order valence-electron chi connectivity index (χ3n) is 5.65. The van der Waals surface area contributed by atoms with Gasteiger partial charge in [-0.05, 0) is 48.5 Å². The van der Waals surface area contributed by atoms with E-state index in [2.05, 4.69) is 10.1 Å². The van der Waals surface area contributed by atoms with Gasteiger partial charge >= 0.3 is 5.88 Å². The van der Waals surface area contributed by atoms with Crippen LogP contribution in [0.15, 0.2) is 79.4 Å². The second kappa shape index (κ2) is 11.4. The van der Waals surface area contributed by atoms with Crippen LogP contribution in [0.5, 0.6) is 0 Å². The van der Waals surface area contributed by atoms with Crippen LogP contribution in [0.2, 0.25) is 10.0 Å². The monoisotopic (exact) mass is 607 g/mol. The number of halogens is 2. The summed E-state index contributed by atoms with van der Waals surface area (Å²) in [4.78, 5) is 15.5. The number of ether oxygens (including phenoxy) is 1. The number of nitrogens with zero attached hydrogens (tertiary/aromatic N) is 5. The summed E-state index contributed by atoms with van der Waals surface area (Å²) in [5.74, 6) is -0.255. The van der Waals surface area contributed by atoms with Crippen LogP contribution < -0.4 is 4.80 Å². The fourth-order valence-corrected chi connectivity index (χ4v) is 6.37. The molecule has 1 saturated heterocycles. The van der Waals surface area contributed by atoms with Crippen LogP contribution in [-0.4, -0.2) is 54.8 Å². The van der Waals surface area contributed by atoms with Crippen molar-refractivity contribution in [3.8, 4) is 11.3 Å². The van der Waals surface area contributed by atoms with E-state index in [0.717, 1.165) is 0 Å². The van der Waals surface area contributed by atoms with Crippen molar-refractivity contribution in [1.29, 1.82) is 0 Å². The lowest BCUT2D eigenvalue weighted by molar-refractivity contribution is -0.402. The number of sulfonamides is 1. The molecule has 15 heteroatoms. The number of thiazole rings is 1. The molecular weight excluding hydrogens is 589 g/mol. The molecule has 2 aromatic heterocycles. The van der Waals surface area contributed by atoms with Gasteiger partial charge in [-0.1, -0.05) is 23.2 Å². The van der Waals surface area contributed by atoms with E-state index in [4.69, 9.17) is 32.4 Å². The summed E-state index contributed by atoms with van der Waals surface area (Å²) in [5, 5.41) is 18.1. The molecule has 5 rings (SSSR count). The Hall–Kier alpha value is -3.33. The molecule has 0 amide bonds. The summed E-state index contributed by atoms with van der Waals surface area (Å²) in [6.07, 6.45) is 1.32. The zero-order chi connectivity index (χ0) is 27.6. The van der Waals surface area contributed by atoms with Crippen molar-refractivity contribution in [2.75, 3.05) is 26.3 Å². The molecule has 0 aliphatic carbocycles. The van der Waals surface area contributed by atoms with Crippen molar-refractivity contribution in [3.63, 3.8) is 0 Å². The summed E-state index contributed by atoms with van der Waals surface area (Å²) < 4.78 is 39.2. The molecule has 3 heterocycles. The summed E-state index contributed by atoms with van der Waals surface area (Å²) >= 11 is 13.9. The fraction of sp³-hybridized carbons (Fsp3) is 0.167.